The molecule has 0 saturated carbocycles. The lowest BCUT2D eigenvalue weighted by Crippen LogP contribution is -2.53. The van der Waals surface area contributed by atoms with Crippen molar-refractivity contribution in [3.05, 3.63) is 51.6 Å². The number of hydrogen-bond donors (Lipinski definition) is 5. The van der Waals surface area contributed by atoms with Crippen LogP contribution in [0, 0.1) is 0 Å². The van der Waals surface area contributed by atoms with Crippen molar-refractivity contribution in [2.24, 2.45) is 5.10 Å². The van der Waals surface area contributed by atoms with Crippen LogP contribution in [0.4, 0.5) is 0 Å². The lowest BCUT2D eigenvalue weighted by molar-refractivity contribution is -0.245. The van der Waals surface area contributed by atoms with Gasteiger partial charge in [-0.25, -0.2) is 5.43 Å². The summed E-state index contributed by atoms with van der Waals surface area (Å²) < 4.78 is 29.9. The van der Waals surface area contributed by atoms with Gasteiger partial charge in [0.15, 0.2) is 12.1 Å². The van der Waals surface area contributed by atoms with E-state index in [1.54, 1.807) is 0 Å². The number of carbonyl (C=O) groups excluding carboxylic acids is 3. The van der Waals surface area contributed by atoms with E-state index < -0.39 is 77.2 Å². The van der Waals surface area contributed by atoms with E-state index in [2.05, 4.69) is 15.4 Å². The maximum atomic E-state index is 14.0. The molecule has 5 N–H and O–H groups in total. The number of fused-ring (bicyclic) bond motifs is 6. The number of aliphatic hydroxyl groups excluding tert-OH is 1. The number of benzene rings is 2. The number of phenols is 2. The van der Waals surface area contributed by atoms with E-state index in [9.17, 15) is 34.8 Å². The number of methoxy groups -OCH3 is 1. The third-order valence-electron chi connectivity index (χ3n) is 9.93. The van der Waals surface area contributed by atoms with Gasteiger partial charge in [-0.2, -0.15) is 5.10 Å². The van der Waals surface area contributed by atoms with Gasteiger partial charge < -0.3 is 44.1 Å². The lowest BCUT2D eigenvalue weighted by Gasteiger charge is -2.43. The van der Waals surface area contributed by atoms with E-state index in [-0.39, 0.29) is 58.5 Å². The van der Waals surface area contributed by atoms with E-state index >= 15 is 0 Å². The molecule has 48 heavy (non-hydrogen) atoms. The molecule has 15 heteroatoms. The summed E-state index contributed by atoms with van der Waals surface area (Å²) in [6.07, 6.45) is -3.46. The van der Waals surface area contributed by atoms with Gasteiger partial charge in [0.1, 0.15) is 35.2 Å². The number of amides is 1. The fourth-order valence-corrected chi connectivity index (χ4v) is 7.77. The zero-order valence-electron chi connectivity index (χ0n) is 26.6. The largest absolute Gasteiger partial charge is 0.507 e. The van der Waals surface area contributed by atoms with Crippen LogP contribution in [0.15, 0.2) is 23.3 Å². The first-order valence-corrected chi connectivity index (χ1v) is 15.8. The second-order valence-corrected chi connectivity index (χ2v) is 12.7. The van der Waals surface area contributed by atoms with Crippen LogP contribution < -0.4 is 10.2 Å². The van der Waals surface area contributed by atoms with Gasteiger partial charge in [0.05, 0.1) is 61.5 Å². The molecule has 2 aliphatic carbocycles. The van der Waals surface area contributed by atoms with Gasteiger partial charge in [-0.05, 0) is 13.0 Å². The minimum atomic E-state index is -2.04. The van der Waals surface area contributed by atoms with Crippen LogP contribution in [-0.4, -0.2) is 118 Å². The van der Waals surface area contributed by atoms with Crippen molar-refractivity contribution in [1.29, 1.82) is 0 Å². The molecule has 0 aromatic heterocycles. The number of aliphatic hydroxyl groups is 2. The molecule has 2 aromatic carbocycles. The number of hydrogen-bond acceptors (Lipinski definition) is 14. The van der Waals surface area contributed by atoms with Crippen LogP contribution in [0.3, 0.4) is 0 Å². The van der Waals surface area contributed by atoms with Crippen molar-refractivity contribution in [2.75, 3.05) is 33.5 Å². The molecule has 3 aliphatic heterocycles. The predicted octanol–water partition coefficient (Wildman–Crippen LogP) is 0.662. The SMILES string of the molecule is COc1cccc2c1C(=O)c1c(O)c3c(c(O)c1C2=O)C[C@@](O)(/C(CO)=N/NC(C)=O)C[C@@H]3O[C@H]1C[C@H]2[C@H](O[C@@H]3COCCN32)[C@H](C)O1. The minimum Gasteiger partial charge on any atom is -0.507 e. The van der Waals surface area contributed by atoms with E-state index in [4.69, 9.17) is 23.7 Å². The predicted molar refractivity (Wildman–Crippen MR) is 164 cm³/mol. The topological polar surface area (TPSA) is 206 Å². The molecular weight excluding hydrogens is 630 g/mol. The summed E-state index contributed by atoms with van der Waals surface area (Å²) in [5.41, 5.74) is -1.10. The summed E-state index contributed by atoms with van der Waals surface area (Å²) >= 11 is 0. The second kappa shape index (κ2) is 12.2. The Labute approximate surface area is 275 Å². The van der Waals surface area contributed by atoms with Crippen LogP contribution in [0.1, 0.15) is 75.8 Å². The maximum Gasteiger partial charge on any atom is 0.236 e. The van der Waals surface area contributed by atoms with Gasteiger partial charge >= 0.3 is 0 Å². The van der Waals surface area contributed by atoms with Gasteiger partial charge in [0.25, 0.3) is 0 Å². The molecule has 3 fully saturated rings. The minimum absolute atomic E-state index is 0.0162. The summed E-state index contributed by atoms with van der Waals surface area (Å²) in [4.78, 5) is 41.7. The third-order valence-corrected chi connectivity index (χ3v) is 9.93. The van der Waals surface area contributed by atoms with Crippen LogP contribution in [0.2, 0.25) is 0 Å². The molecule has 3 heterocycles. The number of rotatable bonds is 6. The molecule has 7 rings (SSSR count). The molecule has 1 amide bonds. The smallest absolute Gasteiger partial charge is 0.236 e. The molecule has 0 spiro atoms. The van der Waals surface area contributed by atoms with Crippen molar-refractivity contribution >= 4 is 23.2 Å². The van der Waals surface area contributed by atoms with Crippen LogP contribution >= 0.6 is 0 Å². The highest BCUT2D eigenvalue weighted by Crippen LogP contribution is 2.53. The molecule has 7 atom stereocenters. The fourth-order valence-electron chi connectivity index (χ4n) is 7.77. The van der Waals surface area contributed by atoms with Crippen molar-refractivity contribution in [2.45, 2.75) is 75.6 Å². The van der Waals surface area contributed by atoms with E-state index in [1.165, 1.54) is 32.2 Å². The number of hydrazone groups is 1. The normalized spacial score (nSPS) is 31.3. The number of ether oxygens (including phenoxy) is 5. The molecule has 3 saturated heterocycles. The highest BCUT2D eigenvalue weighted by molar-refractivity contribution is 6.31. The maximum absolute atomic E-state index is 14.0. The summed E-state index contributed by atoms with van der Waals surface area (Å²) in [6, 6.07) is 4.38. The summed E-state index contributed by atoms with van der Waals surface area (Å²) in [6.45, 7) is 3.90. The van der Waals surface area contributed by atoms with Crippen molar-refractivity contribution in [3.63, 3.8) is 0 Å². The van der Waals surface area contributed by atoms with Crippen LogP contribution in [0.5, 0.6) is 17.2 Å². The van der Waals surface area contributed by atoms with Crippen LogP contribution in [0.25, 0.3) is 0 Å². The van der Waals surface area contributed by atoms with Gasteiger partial charge in [0.2, 0.25) is 11.7 Å². The Morgan fingerprint density at radius 3 is 2.65 bits per heavy atom. The number of nitrogens with one attached hydrogen (secondary N) is 1. The number of carbonyl (C=O) groups is 3. The Morgan fingerprint density at radius 1 is 1.15 bits per heavy atom. The number of aromatic hydroxyl groups is 2. The quantitative estimate of drug-likeness (QED) is 0.139. The number of ketones is 2. The zero-order chi connectivity index (χ0) is 34.1. The summed E-state index contributed by atoms with van der Waals surface area (Å²) in [5.74, 6) is -3.12. The number of nitrogens with zero attached hydrogens (tertiary/aromatic N) is 2. The number of phenolic OH excluding ortho intramolecular Hbond substituents is 2. The van der Waals surface area contributed by atoms with E-state index in [1.807, 2.05) is 6.92 Å². The molecule has 15 nitrogen and oxygen atoms in total. The summed E-state index contributed by atoms with van der Waals surface area (Å²) in [5, 5.41) is 49.8. The molecule has 0 bridgehead atoms. The van der Waals surface area contributed by atoms with Gasteiger partial charge in [-0.15, -0.1) is 0 Å². The highest BCUT2D eigenvalue weighted by atomic mass is 16.7. The zero-order valence-corrected chi connectivity index (χ0v) is 26.6. The van der Waals surface area contributed by atoms with Crippen molar-refractivity contribution < 1.29 is 58.5 Å². The average molecular weight is 668 g/mol. The Balaban J connectivity index is 1.33. The molecule has 256 valence electrons. The fraction of sp³-hybridized carbons (Fsp3) is 0.515. The molecule has 2 aromatic rings. The highest BCUT2D eigenvalue weighted by Gasteiger charge is 2.53. The molecule has 0 unspecified atom stereocenters. The Morgan fingerprint density at radius 2 is 1.92 bits per heavy atom. The Hall–Kier alpha value is -3.96. The third kappa shape index (κ3) is 5.08. The van der Waals surface area contributed by atoms with Gasteiger partial charge in [0, 0.05) is 55.5 Å². The second-order valence-electron chi connectivity index (χ2n) is 12.7. The molecule has 5 aliphatic rings. The lowest BCUT2D eigenvalue weighted by atomic mass is 9.71. The average Bonchev–Trinajstić information content (AvgIpc) is 3.44. The van der Waals surface area contributed by atoms with Crippen LogP contribution in [-0.2, 0) is 30.2 Å². The first kappa shape index (κ1) is 32.6. The first-order chi connectivity index (χ1) is 23.0. The van der Waals surface area contributed by atoms with Gasteiger partial charge in [-0.3, -0.25) is 19.3 Å². The Bertz CT molecular complexity index is 1730. The first-order valence-electron chi connectivity index (χ1n) is 15.8. The molecular formula is C33H37N3O12. The van der Waals surface area contributed by atoms with E-state index in [0.717, 1.165) is 0 Å². The van der Waals surface area contributed by atoms with E-state index in [0.29, 0.717) is 26.2 Å². The van der Waals surface area contributed by atoms with Gasteiger partial charge in [-0.1, -0.05) is 12.1 Å². The molecule has 0 radical (unpaired) electrons. The Kier molecular flexibility index (Phi) is 8.26. The van der Waals surface area contributed by atoms with Crippen molar-refractivity contribution in [1.82, 2.24) is 10.3 Å². The monoisotopic (exact) mass is 667 g/mol. The standard InChI is InChI=1S/C33H37N3O12/c1-14-32-18(36-7-8-45-13-22(36)48-32)9-23(46-14)47-20-11-33(43,21(12-37)35-34-15(2)38)10-17-25(20)31(42)27-26(29(17)40)28(39)16-5-4-6-19(44-3)24(16)30(27)41/h4-6,14,18,20,22-23,32,37,40,42-43H,7-13H2,1-3H3,(H,34,38)/b35-21+/t14-,18-,20-,22+,23-,32+,33-/m0/s1. The van der Waals surface area contributed by atoms with Crippen molar-refractivity contribution in [3.8, 4) is 17.2 Å². The summed E-state index contributed by atoms with van der Waals surface area (Å²) in [7, 11) is 1.35. The number of morpholine rings is 1.